The van der Waals surface area contributed by atoms with Crippen molar-refractivity contribution in [2.45, 2.75) is 37.4 Å². The van der Waals surface area contributed by atoms with E-state index in [0.29, 0.717) is 12.0 Å². The first-order valence-corrected chi connectivity index (χ1v) is 11.0. The van der Waals surface area contributed by atoms with Crippen molar-refractivity contribution in [1.29, 1.82) is 0 Å². The Balaban J connectivity index is 1.56. The summed E-state index contributed by atoms with van der Waals surface area (Å²) >= 11 is 0. The number of hydrogen-bond acceptors (Lipinski definition) is 5. The van der Waals surface area contributed by atoms with Gasteiger partial charge in [-0.05, 0) is 31.4 Å². The molecule has 28 heavy (non-hydrogen) atoms. The molecule has 6 heteroatoms. The topological polar surface area (TPSA) is 42.8 Å². The van der Waals surface area contributed by atoms with Crippen LogP contribution in [0.3, 0.4) is 0 Å². The summed E-state index contributed by atoms with van der Waals surface area (Å²) in [6.07, 6.45) is 5.15. The van der Waals surface area contributed by atoms with Crippen LogP contribution >= 0.6 is 0 Å². The lowest BCUT2D eigenvalue weighted by Crippen LogP contribution is -2.59. The molecular formula is C22H30N4O2. The molecule has 0 bridgehead atoms. The molecule has 3 aliphatic heterocycles. The molecule has 2 aromatic rings. The molecule has 1 aromatic heterocycles. The summed E-state index contributed by atoms with van der Waals surface area (Å²) in [4.78, 5) is 10.7. The van der Waals surface area contributed by atoms with Gasteiger partial charge in [-0.15, -0.1) is 0 Å². The third-order valence-electron chi connectivity index (χ3n) is 7.52. The molecule has 0 N–H and O–H groups in total. The molecule has 2 saturated heterocycles. The van der Waals surface area contributed by atoms with Gasteiger partial charge in [-0.1, -0.05) is 18.6 Å². The van der Waals surface area contributed by atoms with E-state index in [1.165, 1.54) is 37.0 Å². The molecule has 150 valence electrons. The van der Waals surface area contributed by atoms with Crippen LogP contribution < -0.4 is 0 Å². The SMILES string of the molecule is c1ccc2c(c1)nc1n2[C@@]2(N3CCOCC3)CCCC[C@H]2[C@H]1N1CCOCC1. The van der Waals surface area contributed by atoms with Crippen molar-refractivity contribution in [2.24, 2.45) is 5.92 Å². The van der Waals surface area contributed by atoms with Gasteiger partial charge in [0.2, 0.25) is 0 Å². The maximum atomic E-state index is 5.74. The minimum atomic E-state index is 0.0520. The van der Waals surface area contributed by atoms with Crippen LogP contribution in [0.5, 0.6) is 0 Å². The molecular weight excluding hydrogens is 352 g/mol. The highest BCUT2D eigenvalue weighted by molar-refractivity contribution is 5.77. The van der Waals surface area contributed by atoms with Crippen molar-refractivity contribution in [1.82, 2.24) is 19.4 Å². The van der Waals surface area contributed by atoms with Crippen LogP contribution in [0.2, 0.25) is 0 Å². The van der Waals surface area contributed by atoms with Crippen LogP contribution in [0.1, 0.15) is 37.5 Å². The van der Waals surface area contributed by atoms with Crippen molar-refractivity contribution in [3.8, 4) is 0 Å². The lowest BCUT2D eigenvalue weighted by Gasteiger charge is -2.52. The van der Waals surface area contributed by atoms with E-state index in [-0.39, 0.29) is 5.66 Å². The lowest BCUT2D eigenvalue weighted by atomic mass is 9.75. The molecule has 0 spiro atoms. The molecule has 0 radical (unpaired) electrons. The quantitative estimate of drug-likeness (QED) is 0.799. The number of imidazole rings is 1. The summed E-state index contributed by atoms with van der Waals surface area (Å²) < 4.78 is 14.1. The van der Waals surface area contributed by atoms with Gasteiger partial charge in [-0.2, -0.15) is 0 Å². The maximum absolute atomic E-state index is 5.74. The van der Waals surface area contributed by atoms with Crippen molar-refractivity contribution in [3.63, 3.8) is 0 Å². The summed E-state index contributed by atoms with van der Waals surface area (Å²) in [5.74, 6) is 1.89. The highest BCUT2D eigenvalue weighted by atomic mass is 16.5. The second kappa shape index (κ2) is 6.80. The van der Waals surface area contributed by atoms with Crippen LogP contribution in [0.15, 0.2) is 24.3 Å². The minimum absolute atomic E-state index is 0.0520. The largest absolute Gasteiger partial charge is 0.379 e. The zero-order valence-corrected chi connectivity index (χ0v) is 16.6. The Kier molecular flexibility index (Phi) is 4.22. The van der Waals surface area contributed by atoms with Gasteiger partial charge in [0.25, 0.3) is 0 Å². The molecule has 4 heterocycles. The Labute approximate surface area is 166 Å². The van der Waals surface area contributed by atoms with Crippen LogP contribution in [-0.4, -0.2) is 72.0 Å². The molecule has 6 rings (SSSR count). The first-order chi connectivity index (χ1) is 13.9. The molecule has 1 aliphatic carbocycles. The zero-order valence-electron chi connectivity index (χ0n) is 16.6. The van der Waals surface area contributed by atoms with Gasteiger partial charge >= 0.3 is 0 Å². The molecule has 1 saturated carbocycles. The average molecular weight is 383 g/mol. The Hall–Kier alpha value is -1.47. The summed E-state index contributed by atoms with van der Waals surface area (Å²) in [6.45, 7) is 7.46. The minimum Gasteiger partial charge on any atom is -0.379 e. The number of benzene rings is 1. The third kappa shape index (κ3) is 2.38. The standard InChI is InChI=1S/C22H30N4O2/c1-2-7-19-18(6-1)23-21-20(24-9-13-27-14-10-24)17-5-3-4-8-22(17,26(19)21)25-11-15-28-16-12-25/h1-2,6-7,17,20H,3-5,8-16H2/t17-,20+,22-/m0/s1. The number of morpholine rings is 2. The van der Waals surface area contributed by atoms with E-state index in [0.717, 1.165) is 58.1 Å². The molecule has 1 aromatic carbocycles. The summed E-state index contributed by atoms with van der Waals surface area (Å²) in [5.41, 5.74) is 2.51. The van der Waals surface area contributed by atoms with Gasteiger partial charge in [0.1, 0.15) is 11.5 Å². The van der Waals surface area contributed by atoms with Gasteiger partial charge in [-0.3, -0.25) is 9.80 Å². The number of fused-ring (bicyclic) bond motifs is 5. The smallest absolute Gasteiger partial charge is 0.129 e. The van der Waals surface area contributed by atoms with Crippen molar-refractivity contribution < 1.29 is 9.47 Å². The van der Waals surface area contributed by atoms with Gasteiger partial charge in [-0.25, -0.2) is 4.98 Å². The second-order valence-electron chi connectivity index (χ2n) is 8.72. The van der Waals surface area contributed by atoms with E-state index in [1.54, 1.807) is 0 Å². The number of para-hydroxylation sites is 2. The number of nitrogens with zero attached hydrogens (tertiary/aromatic N) is 4. The van der Waals surface area contributed by atoms with Crippen LogP contribution in [0, 0.1) is 5.92 Å². The fourth-order valence-electron chi connectivity index (χ4n) is 6.44. The Morgan fingerprint density at radius 2 is 1.68 bits per heavy atom. The van der Waals surface area contributed by atoms with E-state index in [9.17, 15) is 0 Å². The fourth-order valence-corrected chi connectivity index (χ4v) is 6.44. The molecule has 3 fully saturated rings. The van der Waals surface area contributed by atoms with E-state index in [2.05, 4.69) is 38.6 Å². The van der Waals surface area contributed by atoms with Crippen molar-refractivity contribution in [3.05, 3.63) is 30.1 Å². The molecule has 0 amide bonds. The second-order valence-corrected chi connectivity index (χ2v) is 8.72. The number of rotatable bonds is 2. The highest BCUT2D eigenvalue weighted by Gasteiger charge is 2.59. The predicted octanol–water partition coefficient (Wildman–Crippen LogP) is 2.60. The summed E-state index contributed by atoms with van der Waals surface area (Å²) in [5, 5.41) is 0. The third-order valence-corrected chi connectivity index (χ3v) is 7.52. The van der Waals surface area contributed by atoms with Crippen molar-refractivity contribution in [2.75, 3.05) is 52.6 Å². The first-order valence-electron chi connectivity index (χ1n) is 11.0. The highest BCUT2D eigenvalue weighted by Crippen LogP contribution is 2.57. The Morgan fingerprint density at radius 3 is 2.50 bits per heavy atom. The normalized spacial score (nSPS) is 34.4. The first kappa shape index (κ1) is 17.4. The van der Waals surface area contributed by atoms with Gasteiger partial charge in [0, 0.05) is 32.1 Å². The number of hydrogen-bond donors (Lipinski definition) is 0. The molecule has 3 atom stereocenters. The van der Waals surface area contributed by atoms with E-state index in [4.69, 9.17) is 14.5 Å². The zero-order chi connectivity index (χ0) is 18.6. The lowest BCUT2D eigenvalue weighted by molar-refractivity contribution is -0.112. The molecule has 6 nitrogen and oxygen atoms in total. The van der Waals surface area contributed by atoms with E-state index in [1.807, 2.05) is 0 Å². The Bertz CT molecular complexity index is 855. The number of aromatic nitrogens is 2. The van der Waals surface area contributed by atoms with Crippen LogP contribution in [-0.2, 0) is 15.1 Å². The van der Waals surface area contributed by atoms with Gasteiger partial charge in [0.05, 0.1) is 43.5 Å². The summed E-state index contributed by atoms with van der Waals surface area (Å²) in [7, 11) is 0. The monoisotopic (exact) mass is 382 g/mol. The van der Waals surface area contributed by atoms with Crippen LogP contribution in [0.25, 0.3) is 11.0 Å². The Morgan fingerprint density at radius 1 is 0.929 bits per heavy atom. The molecule has 0 unspecified atom stereocenters. The van der Waals surface area contributed by atoms with Gasteiger partial charge < -0.3 is 14.0 Å². The average Bonchev–Trinajstić information content (AvgIpc) is 3.28. The number of ether oxygens (including phenoxy) is 2. The van der Waals surface area contributed by atoms with Crippen LogP contribution in [0.4, 0.5) is 0 Å². The molecule has 4 aliphatic rings. The maximum Gasteiger partial charge on any atom is 0.129 e. The van der Waals surface area contributed by atoms with E-state index >= 15 is 0 Å². The van der Waals surface area contributed by atoms with Gasteiger partial charge in [0.15, 0.2) is 0 Å². The predicted molar refractivity (Wildman–Crippen MR) is 107 cm³/mol. The summed E-state index contributed by atoms with van der Waals surface area (Å²) in [6, 6.07) is 9.15. The van der Waals surface area contributed by atoms with E-state index < -0.39 is 0 Å². The van der Waals surface area contributed by atoms with Crippen molar-refractivity contribution >= 4 is 11.0 Å². The fraction of sp³-hybridized carbons (Fsp3) is 0.682.